The minimum atomic E-state index is -5.16. The van der Waals surface area contributed by atoms with E-state index in [9.17, 15) is 26.3 Å². The highest BCUT2D eigenvalue weighted by Crippen LogP contribution is 2.43. The summed E-state index contributed by atoms with van der Waals surface area (Å²) in [4.78, 5) is 0. The third kappa shape index (κ3) is 2.83. The number of rotatable bonds is 0. The molecular weight excluding hydrogens is 363 g/mol. The number of hydrogen-bond acceptors (Lipinski definition) is 1. The van der Waals surface area contributed by atoms with E-state index in [-0.39, 0.29) is 6.07 Å². The van der Waals surface area contributed by atoms with Gasteiger partial charge < -0.3 is 0 Å². The Labute approximate surface area is 105 Å². The summed E-state index contributed by atoms with van der Waals surface area (Å²) in [6.07, 6.45) is -10.3. The van der Waals surface area contributed by atoms with Crippen LogP contribution in [0.3, 0.4) is 0 Å². The van der Waals surface area contributed by atoms with E-state index in [0.717, 1.165) is 28.7 Å². The SMILES string of the molecule is N#Cc1ccc(C(F)(F)F)c(C(F)(F)F)c1I. The lowest BCUT2D eigenvalue weighted by Gasteiger charge is -2.17. The summed E-state index contributed by atoms with van der Waals surface area (Å²) in [6.45, 7) is 0. The van der Waals surface area contributed by atoms with Crippen molar-refractivity contribution >= 4 is 22.6 Å². The first-order chi connectivity index (χ1) is 7.59. The first-order valence-corrected chi connectivity index (χ1v) is 5.04. The van der Waals surface area contributed by atoms with Gasteiger partial charge in [0.05, 0.1) is 16.7 Å². The van der Waals surface area contributed by atoms with Crippen molar-refractivity contribution in [3.8, 4) is 6.07 Å². The summed E-state index contributed by atoms with van der Waals surface area (Å²) in [5, 5.41) is 8.50. The van der Waals surface area contributed by atoms with Crippen LogP contribution in [0.5, 0.6) is 0 Å². The Kier molecular flexibility index (Phi) is 3.61. The zero-order chi connectivity index (χ0) is 13.4. The Bertz CT molecular complexity index is 482. The highest BCUT2D eigenvalue weighted by atomic mass is 127. The summed E-state index contributed by atoms with van der Waals surface area (Å²) in [6, 6.07) is 2.40. The molecule has 0 amide bonds. The first kappa shape index (κ1) is 14.1. The molecule has 0 saturated heterocycles. The lowest BCUT2D eigenvalue weighted by atomic mass is 10.0. The minimum Gasteiger partial charge on any atom is -0.192 e. The molecule has 0 spiro atoms. The van der Waals surface area contributed by atoms with Crippen LogP contribution in [0.2, 0.25) is 0 Å². The van der Waals surface area contributed by atoms with Crippen LogP contribution in [0.25, 0.3) is 0 Å². The Hall–Kier alpha value is -0.980. The fourth-order valence-electron chi connectivity index (χ4n) is 1.18. The minimum absolute atomic E-state index is 0.267. The maximum Gasteiger partial charge on any atom is 0.418 e. The molecule has 0 N–H and O–H groups in total. The van der Waals surface area contributed by atoms with Crippen molar-refractivity contribution < 1.29 is 26.3 Å². The van der Waals surface area contributed by atoms with Gasteiger partial charge in [0.2, 0.25) is 0 Å². The average molecular weight is 365 g/mol. The number of nitrogens with zero attached hydrogens (tertiary/aromatic N) is 1. The van der Waals surface area contributed by atoms with E-state index >= 15 is 0 Å². The average Bonchev–Trinajstić information content (AvgIpc) is 2.13. The van der Waals surface area contributed by atoms with Crippen molar-refractivity contribution in [3.05, 3.63) is 32.4 Å². The van der Waals surface area contributed by atoms with E-state index in [1.807, 2.05) is 0 Å². The normalized spacial score (nSPS) is 12.4. The molecule has 0 bridgehead atoms. The van der Waals surface area contributed by atoms with Crippen LogP contribution < -0.4 is 0 Å². The van der Waals surface area contributed by atoms with E-state index < -0.39 is 32.6 Å². The second kappa shape index (κ2) is 4.36. The van der Waals surface area contributed by atoms with Gasteiger partial charge >= 0.3 is 12.4 Å². The standard InChI is InChI=1S/C9H2F6IN/c10-8(11,12)5-2-1-4(3-17)7(16)6(5)9(13,14)15/h1-2H. The predicted octanol–water partition coefficient (Wildman–Crippen LogP) is 4.20. The van der Waals surface area contributed by atoms with Crippen molar-refractivity contribution in [2.24, 2.45) is 0 Å². The Morgan fingerprint density at radius 3 is 1.88 bits per heavy atom. The smallest absolute Gasteiger partial charge is 0.192 e. The molecule has 1 nitrogen and oxygen atoms in total. The molecule has 0 aromatic heterocycles. The second-order valence-electron chi connectivity index (χ2n) is 2.96. The van der Waals surface area contributed by atoms with Crippen LogP contribution >= 0.6 is 22.6 Å². The van der Waals surface area contributed by atoms with Gasteiger partial charge in [-0.3, -0.25) is 0 Å². The first-order valence-electron chi connectivity index (χ1n) is 3.96. The molecular formula is C9H2F6IN. The monoisotopic (exact) mass is 365 g/mol. The molecule has 0 saturated carbocycles. The molecule has 1 aromatic rings. The van der Waals surface area contributed by atoms with Crippen molar-refractivity contribution in [2.45, 2.75) is 12.4 Å². The summed E-state index contributed by atoms with van der Waals surface area (Å²) in [5.74, 6) is 0. The Morgan fingerprint density at radius 1 is 1.00 bits per heavy atom. The lowest BCUT2D eigenvalue weighted by molar-refractivity contribution is -0.162. The van der Waals surface area contributed by atoms with E-state index in [1.54, 1.807) is 0 Å². The Morgan fingerprint density at radius 2 is 1.53 bits per heavy atom. The summed E-state index contributed by atoms with van der Waals surface area (Å²) >= 11 is 1.09. The van der Waals surface area contributed by atoms with Crippen LogP contribution in [0, 0.1) is 14.9 Å². The van der Waals surface area contributed by atoms with Gasteiger partial charge in [0.25, 0.3) is 0 Å². The maximum atomic E-state index is 12.5. The van der Waals surface area contributed by atoms with Crippen LogP contribution in [-0.4, -0.2) is 0 Å². The van der Waals surface area contributed by atoms with Gasteiger partial charge in [-0.05, 0) is 34.7 Å². The van der Waals surface area contributed by atoms with Crippen molar-refractivity contribution in [1.29, 1.82) is 5.26 Å². The van der Waals surface area contributed by atoms with Crippen molar-refractivity contribution in [1.82, 2.24) is 0 Å². The fourth-order valence-corrected chi connectivity index (χ4v) is 2.07. The summed E-state index contributed by atoms with van der Waals surface area (Å²) < 4.78 is 74.1. The van der Waals surface area contributed by atoms with E-state index in [2.05, 4.69) is 0 Å². The van der Waals surface area contributed by atoms with Crippen LogP contribution in [0.4, 0.5) is 26.3 Å². The third-order valence-corrected chi connectivity index (χ3v) is 2.97. The number of alkyl halides is 6. The molecule has 1 rings (SSSR count). The molecule has 1 aromatic carbocycles. The highest BCUT2D eigenvalue weighted by molar-refractivity contribution is 14.1. The predicted molar refractivity (Wildman–Crippen MR) is 53.9 cm³/mol. The van der Waals surface area contributed by atoms with Gasteiger partial charge in [0, 0.05) is 3.57 Å². The highest BCUT2D eigenvalue weighted by Gasteiger charge is 2.45. The molecule has 8 heteroatoms. The third-order valence-electron chi connectivity index (χ3n) is 1.85. The number of hydrogen-bond donors (Lipinski definition) is 0. The van der Waals surface area contributed by atoms with Gasteiger partial charge in [-0.15, -0.1) is 0 Å². The largest absolute Gasteiger partial charge is 0.418 e. The molecule has 0 fully saturated rings. The Balaban J connectivity index is 3.67. The van der Waals surface area contributed by atoms with Gasteiger partial charge in [-0.2, -0.15) is 31.6 Å². The molecule has 0 radical (unpaired) electrons. The number of halogens is 7. The number of benzene rings is 1. The quantitative estimate of drug-likeness (QED) is 0.500. The fraction of sp³-hybridized carbons (Fsp3) is 0.222. The molecule has 0 unspecified atom stereocenters. The topological polar surface area (TPSA) is 23.8 Å². The van der Waals surface area contributed by atoms with Crippen molar-refractivity contribution in [3.63, 3.8) is 0 Å². The zero-order valence-electron chi connectivity index (χ0n) is 7.75. The zero-order valence-corrected chi connectivity index (χ0v) is 9.91. The van der Waals surface area contributed by atoms with Gasteiger partial charge in [-0.25, -0.2) is 0 Å². The molecule has 0 aliphatic rings. The van der Waals surface area contributed by atoms with Crippen LogP contribution in [-0.2, 0) is 12.4 Å². The molecule has 0 aliphatic carbocycles. The molecule has 17 heavy (non-hydrogen) atoms. The molecule has 0 atom stereocenters. The lowest BCUT2D eigenvalue weighted by Crippen LogP contribution is -2.18. The van der Waals surface area contributed by atoms with E-state index in [1.165, 1.54) is 6.07 Å². The van der Waals surface area contributed by atoms with Crippen molar-refractivity contribution in [2.75, 3.05) is 0 Å². The van der Waals surface area contributed by atoms with E-state index in [0.29, 0.717) is 0 Å². The van der Waals surface area contributed by atoms with Crippen LogP contribution in [0.1, 0.15) is 16.7 Å². The van der Waals surface area contributed by atoms with Gasteiger partial charge in [-0.1, -0.05) is 0 Å². The van der Waals surface area contributed by atoms with Gasteiger partial charge in [0.1, 0.15) is 6.07 Å². The number of nitriles is 1. The molecule has 0 heterocycles. The van der Waals surface area contributed by atoms with Crippen LogP contribution in [0.15, 0.2) is 12.1 Å². The summed E-state index contributed by atoms with van der Waals surface area (Å²) in [5.41, 5.74) is -4.04. The van der Waals surface area contributed by atoms with Gasteiger partial charge in [0.15, 0.2) is 0 Å². The molecule has 0 aliphatic heterocycles. The maximum absolute atomic E-state index is 12.5. The van der Waals surface area contributed by atoms with E-state index in [4.69, 9.17) is 5.26 Å². The molecule has 92 valence electrons. The summed E-state index contributed by atoms with van der Waals surface area (Å²) in [7, 11) is 0. The second-order valence-corrected chi connectivity index (χ2v) is 4.04.